The third kappa shape index (κ3) is 4.71. The molecule has 1 aliphatic heterocycles. The van der Waals surface area contributed by atoms with Crippen LogP contribution in [0.5, 0.6) is 0 Å². The van der Waals surface area contributed by atoms with Crippen molar-refractivity contribution in [1.29, 1.82) is 0 Å². The Morgan fingerprint density at radius 1 is 1.24 bits per heavy atom. The molecule has 1 aliphatic carbocycles. The van der Waals surface area contributed by atoms with Crippen molar-refractivity contribution in [2.45, 2.75) is 48.3 Å². The average molecular weight is 489 g/mol. The van der Waals surface area contributed by atoms with Crippen LogP contribution in [0.15, 0.2) is 46.3 Å². The van der Waals surface area contributed by atoms with E-state index < -0.39 is 26.7 Å². The Balaban J connectivity index is 1.44. The van der Waals surface area contributed by atoms with Gasteiger partial charge in [0.05, 0.1) is 10.1 Å². The Bertz CT molecular complexity index is 1310. The van der Waals surface area contributed by atoms with E-state index in [1.165, 1.54) is 28.2 Å². The number of hydrogen-bond donors (Lipinski definition) is 1. The number of fused-ring (bicyclic) bond motifs is 1. The lowest BCUT2D eigenvalue weighted by atomic mass is 9.92. The molecule has 0 bridgehead atoms. The minimum absolute atomic E-state index is 0.0220. The highest BCUT2D eigenvalue weighted by Gasteiger charge is 2.37. The van der Waals surface area contributed by atoms with Gasteiger partial charge in [-0.1, -0.05) is 11.3 Å². The summed E-state index contributed by atoms with van der Waals surface area (Å²) in [5.41, 5.74) is 0.181. The molecule has 0 aromatic carbocycles. The maximum absolute atomic E-state index is 13.3. The largest absolute Gasteiger partial charge is 0.381 e. The van der Waals surface area contributed by atoms with Gasteiger partial charge in [0, 0.05) is 31.7 Å². The van der Waals surface area contributed by atoms with Gasteiger partial charge in [0.15, 0.2) is 15.0 Å². The first-order valence-corrected chi connectivity index (χ1v) is 13.3. The predicted molar refractivity (Wildman–Crippen MR) is 124 cm³/mol. The summed E-state index contributed by atoms with van der Waals surface area (Å²) in [6, 6.07) is 5.37. The second-order valence-electron chi connectivity index (χ2n) is 8.50. The van der Waals surface area contributed by atoms with Crippen LogP contribution in [0.2, 0.25) is 0 Å². The Hall–Kier alpha value is -2.63. The summed E-state index contributed by atoms with van der Waals surface area (Å²) in [4.78, 5) is 35.7. The minimum atomic E-state index is -3.49. The van der Waals surface area contributed by atoms with Crippen molar-refractivity contribution in [1.82, 2.24) is 14.5 Å². The molecule has 4 heterocycles. The monoisotopic (exact) mass is 488 g/mol. The van der Waals surface area contributed by atoms with Crippen LogP contribution in [0, 0.1) is 5.92 Å². The van der Waals surface area contributed by atoms with Gasteiger partial charge in [-0.05, 0) is 56.2 Å². The number of hydrogen-bond acceptors (Lipinski definition) is 8. The number of amides is 1. The fraction of sp³-hybridized carbons (Fsp3) is 0.455. The fourth-order valence-corrected chi connectivity index (χ4v) is 6.60. The van der Waals surface area contributed by atoms with Crippen LogP contribution >= 0.6 is 11.3 Å². The molecule has 2 aliphatic rings. The molecule has 11 heteroatoms. The Morgan fingerprint density at radius 3 is 2.73 bits per heavy atom. The van der Waals surface area contributed by atoms with Crippen molar-refractivity contribution in [3.63, 3.8) is 0 Å². The molecule has 0 radical (unpaired) electrons. The van der Waals surface area contributed by atoms with Gasteiger partial charge in [0.25, 0.3) is 5.56 Å². The smallest absolute Gasteiger partial charge is 0.252 e. The molecule has 1 unspecified atom stereocenters. The third-order valence-corrected chi connectivity index (χ3v) is 9.30. The molecule has 3 aromatic heterocycles. The zero-order valence-corrected chi connectivity index (χ0v) is 19.5. The minimum Gasteiger partial charge on any atom is -0.381 e. The van der Waals surface area contributed by atoms with Crippen LogP contribution < -0.4 is 10.9 Å². The molecule has 3 aromatic rings. The Labute approximate surface area is 194 Å². The zero-order chi connectivity index (χ0) is 23.0. The highest BCUT2D eigenvalue weighted by molar-refractivity contribution is 7.92. The van der Waals surface area contributed by atoms with E-state index in [4.69, 9.17) is 4.74 Å². The number of pyridine rings is 2. The van der Waals surface area contributed by atoms with Gasteiger partial charge in [-0.2, -0.15) is 0 Å². The molecule has 1 atom stereocenters. The van der Waals surface area contributed by atoms with Crippen molar-refractivity contribution in [2.24, 2.45) is 5.92 Å². The number of nitrogens with one attached hydrogen (secondary N) is 1. The second kappa shape index (κ2) is 8.96. The van der Waals surface area contributed by atoms with Gasteiger partial charge in [-0.25, -0.2) is 18.4 Å². The maximum Gasteiger partial charge on any atom is 0.252 e. The molecule has 5 rings (SSSR count). The summed E-state index contributed by atoms with van der Waals surface area (Å²) >= 11 is 1.26. The van der Waals surface area contributed by atoms with E-state index in [1.807, 2.05) is 6.07 Å². The number of aromatic nitrogens is 3. The molecular weight excluding hydrogens is 464 g/mol. The predicted octanol–water partition coefficient (Wildman–Crippen LogP) is 2.79. The van der Waals surface area contributed by atoms with E-state index in [0.29, 0.717) is 48.0 Å². The number of ether oxygens (including phenoxy) is 1. The Kier molecular flexibility index (Phi) is 6.02. The first kappa shape index (κ1) is 22.2. The lowest BCUT2D eigenvalue weighted by molar-refractivity contribution is -0.120. The zero-order valence-electron chi connectivity index (χ0n) is 17.8. The lowest BCUT2D eigenvalue weighted by Crippen LogP contribution is -2.35. The van der Waals surface area contributed by atoms with E-state index in [-0.39, 0.29) is 16.7 Å². The molecule has 1 amide bonds. The molecule has 33 heavy (non-hydrogen) atoms. The third-order valence-electron chi connectivity index (χ3n) is 6.14. The average Bonchev–Trinajstić information content (AvgIpc) is 3.59. The number of anilines is 1. The molecule has 1 saturated carbocycles. The van der Waals surface area contributed by atoms with Crippen LogP contribution in [0.3, 0.4) is 0 Å². The maximum atomic E-state index is 13.3. The quantitative estimate of drug-likeness (QED) is 0.543. The standard InChI is InChI=1S/C22H24N4O5S2/c27-19-13-16(33(29,30)15-3-4-15)5-9-26(19)18(12-14-6-10-31-11-7-14)20(28)25-22-24-17-2-1-8-23-21(17)32-22/h1-2,5,8-9,13-15,18H,3-4,6-7,10-12H2,(H,24,25,28). The topological polar surface area (TPSA) is 120 Å². The molecular formula is C22H24N4O5S2. The molecule has 174 valence electrons. The summed E-state index contributed by atoms with van der Waals surface area (Å²) in [6.45, 7) is 1.24. The number of nitrogens with zero attached hydrogens (tertiary/aromatic N) is 3. The van der Waals surface area contributed by atoms with Crippen molar-refractivity contribution in [2.75, 3.05) is 18.5 Å². The van der Waals surface area contributed by atoms with Crippen LogP contribution in [0.4, 0.5) is 5.13 Å². The summed E-state index contributed by atoms with van der Waals surface area (Å²) in [6.07, 6.45) is 6.40. The molecule has 9 nitrogen and oxygen atoms in total. The molecule has 1 N–H and O–H groups in total. The first-order valence-electron chi connectivity index (χ1n) is 11.0. The molecule has 2 fully saturated rings. The van der Waals surface area contributed by atoms with Gasteiger partial charge in [-0.15, -0.1) is 0 Å². The van der Waals surface area contributed by atoms with E-state index in [0.717, 1.165) is 18.9 Å². The highest BCUT2D eigenvalue weighted by Crippen LogP contribution is 2.33. The van der Waals surface area contributed by atoms with Crippen molar-refractivity contribution in [3.8, 4) is 0 Å². The molecule has 0 spiro atoms. The van der Waals surface area contributed by atoms with Crippen LogP contribution in [-0.4, -0.2) is 47.3 Å². The number of sulfone groups is 1. The van der Waals surface area contributed by atoms with E-state index in [2.05, 4.69) is 15.3 Å². The summed E-state index contributed by atoms with van der Waals surface area (Å²) in [7, 11) is -3.49. The summed E-state index contributed by atoms with van der Waals surface area (Å²) < 4.78 is 31.9. The Morgan fingerprint density at radius 2 is 2.03 bits per heavy atom. The van der Waals surface area contributed by atoms with E-state index in [1.54, 1.807) is 12.3 Å². The summed E-state index contributed by atoms with van der Waals surface area (Å²) in [5.74, 6) is -0.145. The number of thiazole rings is 1. The van der Waals surface area contributed by atoms with Crippen LogP contribution in [0.1, 0.15) is 38.1 Å². The van der Waals surface area contributed by atoms with Crippen molar-refractivity contribution < 1.29 is 17.9 Å². The van der Waals surface area contributed by atoms with E-state index in [9.17, 15) is 18.0 Å². The highest BCUT2D eigenvalue weighted by atomic mass is 32.2. The van der Waals surface area contributed by atoms with Crippen molar-refractivity contribution >= 4 is 42.6 Å². The van der Waals surface area contributed by atoms with Gasteiger partial charge >= 0.3 is 0 Å². The van der Waals surface area contributed by atoms with E-state index >= 15 is 0 Å². The van der Waals surface area contributed by atoms with Crippen LogP contribution in [-0.2, 0) is 19.4 Å². The van der Waals surface area contributed by atoms with Crippen molar-refractivity contribution in [3.05, 3.63) is 47.0 Å². The van der Waals surface area contributed by atoms with Gasteiger partial charge < -0.3 is 14.6 Å². The lowest BCUT2D eigenvalue weighted by Gasteiger charge is -2.27. The van der Waals surface area contributed by atoms with Crippen LogP contribution in [0.25, 0.3) is 10.3 Å². The number of rotatable bonds is 7. The van der Waals surface area contributed by atoms with Gasteiger partial charge in [0.1, 0.15) is 16.4 Å². The van der Waals surface area contributed by atoms with Gasteiger partial charge in [0.2, 0.25) is 5.91 Å². The van der Waals surface area contributed by atoms with Gasteiger partial charge in [-0.3, -0.25) is 9.59 Å². The number of carbonyl (C=O) groups is 1. The molecule has 1 saturated heterocycles. The second-order valence-corrected chi connectivity index (χ2v) is 11.7. The number of carbonyl (C=O) groups excluding carboxylic acids is 1. The fourth-order valence-electron chi connectivity index (χ4n) is 4.13. The normalized spacial score (nSPS) is 18.3. The SMILES string of the molecule is O=C(Nc1nc2cccnc2s1)C(CC1CCOCC1)n1ccc(S(=O)(=O)C2CC2)cc1=O. The first-order chi connectivity index (χ1) is 15.9. The summed E-state index contributed by atoms with van der Waals surface area (Å²) in [5, 5.41) is 2.85.